The summed E-state index contributed by atoms with van der Waals surface area (Å²) in [4.78, 5) is 25.4. The lowest BCUT2D eigenvalue weighted by Crippen LogP contribution is -2.48. The first kappa shape index (κ1) is 22.9. The predicted molar refractivity (Wildman–Crippen MR) is 93.7 cm³/mol. The molecule has 0 spiro atoms. The number of carboxylic acid groups (broad SMARTS) is 1. The van der Waals surface area contributed by atoms with E-state index >= 15 is 0 Å². The maximum atomic E-state index is 12.5. The van der Waals surface area contributed by atoms with Gasteiger partial charge >= 0.3 is 5.97 Å². The number of carbonyl (C=O) groups excluding carboxylic acids is 1. The van der Waals surface area contributed by atoms with Crippen molar-refractivity contribution in [3.63, 3.8) is 0 Å². The molecule has 0 aromatic rings. The first-order chi connectivity index (χ1) is 11.4. The average Bonchev–Trinajstić information content (AvgIpc) is 2.56. The third-order valence-electron chi connectivity index (χ3n) is 4.50. The van der Waals surface area contributed by atoms with E-state index in [2.05, 4.69) is 6.92 Å². The van der Waals surface area contributed by atoms with E-state index < -0.39 is 17.3 Å². The molecule has 0 rings (SSSR count). The molecular formula is C18H35NO5. The quantitative estimate of drug-likeness (QED) is 0.313. The lowest BCUT2D eigenvalue weighted by molar-refractivity contribution is -0.160. The van der Waals surface area contributed by atoms with Crippen LogP contribution in [-0.2, 0) is 9.59 Å². The van der Waals surface area contributed by atoms with Gasteiger partial charge in [-0.15, -0.1) is 0 Å². The van der Waals surface area contributed by atoms with Crippen LogP contribution >= 0.6 is 0 Å². The Kier molecular flexibility index (Phi) is 12.6. The second-order valence-corrected chi connectivity index (χ2v) is 6.60. The summed E-state index contributed by atoms with van der Waals surface area (Å²) in [6.07, 6.45) is 9.04. The molecule has 0 aliphatic carbocycles. The molecule has 1 atom stereocenters. The van der Waals surface area contributed by atoms with Gasteiger partial charge in [-0.3, -0.25) is 9.59 Å². The van der Waals surface area contributed by atoms with Gasteiger partial charge in [0.2, 0.25) is 5.91 Å². The third-order valence-corrected chi connectivity index (χ3v) is 4.50. The highest BCUT2D eigenvalue weighted by atomic mass is 16.4. The van der Waals surface area contributed by atoms with E-state index in [1.807, 2.05) is 0 Å². The first-order valence-electron chi connectivity index (χ1n) is 9.18. The molecule has 0 aliphatic rings. The summed E-state index contributed by atoms with van der Waals surface area (Å²) in [7, 11) is 0. The largest absolute Gasteiger partial charge is 0.480 e. The van der Waals surface area contributed by atoms with Crippen LogP contribution in [0.5, 0.6) is 0 Å². The maximum Gasteiger partial charge on any atom is 0.318 e. The van der Waals surface area contributed by atoms with Gasteiger partial charge in [-0.1, -0.05) is 58.3 Å². The predicted octanol–water partition coefficient (Wildman–Crippen LogP) is 2.42. The third kappa shape index (κ3) is 8.11. The van der Waals surface area contributed by atoms with Crippen LogP contribution in [0.2, 0.25) is 0 Å². The Labute approximate surface area is 145 Å². The summed E-state index contributed by atoms with van der Waals surface area (Å²) >= 11 is 0. The zero-order chi connectivity index (χ0) is 18.4. The van der Waals surface area contributed by atoms with Crippen molar-refractivity contribution >= 4 is 11.9 Å². The summed E-state index contributed by atoms with van der Waals surface area (Å²) in [5.74, 6) is -1.67. The maximum absolute atomic E-state index is 12.5. The molecule has 0 heterocycles. The second-order valence-electron chi connectivity index (χ2n) is 6.60. The molecule has 0 aliphatic heterocycles. The number of unbranched alkanes of at least 4 members (excludes halogenated alkanes) is 7. The average molecular weight is 345 g/mol. The van der Waals surface area contributed by atoms with Crippen molar-refractivity contribution < 1.29 is 24.9 Å². The SMILES string of the molecule is CCCCCCCCCCC(C)(C(=O)O)C(=O)N(CCO)CCO. The van der Waals surface area contributed by atoms with Gasteiger partial charge in [-0.25, -0.2) is 0 Å². The summed E-state index contributed by atoms with van der Waals surface area (Å²) in [6, 6.07) is 0. The number of hydrogen-bond donors (Lipinski definition) is 3. The molecule has 0 saturated heterocycles. The Morgan fingerprint density at radius 2 is 1.33 bits per heavy atom. The van der Waals surface area contributed by atoms with Crippen LogP contribution in [0.25, 0.3) is 0 Å². The molecule has 3 N–H and O–H groups in total. The number of nitrogens with zero attached hydrogens (tertiary/aromatic N) is 1. The summed E-state index contributed by atoms with van der Waals surface area (Å²) in [6.45, 7) is 3.21. The Hall–Kier alpha value is -1.14. The molecule has 24 heavy (non-hydrogen) atoms. The Balaban J connectivity index is 4.43. The number of aliphatic hydroxyl groups excluding tert-OH is 2. The molecule has 0 fully saturated rings. The van der Waals surface area contributed by atoms with Crippen LogP contribution in [0.3, 0.4) is 0 Å². The zero-order valence-corrected chi connectivity index (χ0v) is 15.3. The highest BCUT2D eigenvalue weighted by molar-refractivity contribution is 6.01. The van der Waals surface area contributed by atoms with Gasteiger partial charge in [0.1, 0.15) is 5.41 Å². The molecular weight excluding hydrogens is 310 g/mol. The Morgan fingerprint density at radius 3 is 1.75 bits per heavy atom. The van der Waals surface area contributed by atoms with Crippen molar-refractivity contribution in [3.05, 3.63) is 0 Å². The van der Waals surface area contributed by atoms with Crippen molar-refractivity contribution in [1.29, 1.82) is 0 Å². The molecule has 0 bridgehead atoms. The molecule has 0 radical (unpaired) electrons. The Morgan fingerprint density at radius 1 is 0.875 bits per heavy atom. The number of aliphatic hydroxyl groups is 2. The van der Waals surface area contributed by atoms with Gasteiger partial charge in [-0.05, 0) is 13.3 Å². The van der Waals surface area contributed by atoms with Gasteiger partial charge in [0, 0.05) is 13.1 Å². The van der Waals surface area contributed by atoms with Crippen LogP contribution in [-0.4, -0.2) is 58.4 Å². The van der Waals surface area contributed by atoms with E-state index in [9.17, 15) is 14.7 Å². The lowest BCUT2D eigenvalue weighted by atomic mass is 9.83. The first-order valence-corrected chi connectivity index (χ1v) is 9.18. The summed E-state index contributed by atoms with van der Waals surface area (Å²) in [5.41, 5.74) is -1.49. The number of hydrogen-bond acceptors (Lipinski definition) is 4. The molecule has 142 valence electrons. The minimum absolute atomic E-state index is 0.0414. The van der Waals surface area contributed by atoms with E-state index in [1.165, 1.54) is 37.5 Å². The Bertz CT molecular complexity index is 355. The van der Waals surface area contributed by atoms with Crippen molar-refractivity contribution in [3.8, 4) is 0 Å². The smallest absolute Gasteiger partial charge is 0.318 e. The molecule has 6 nitrogen and oxygen atoms in total. The van der Waals surface area contributed by atoms with Crippen molar-refractivity contribution in [2.75, 3.05) is 26.3 Å². The summed E-state index contributed by atoms with van der Waals surface area (Å²) < 4.78 is 0. The second kappa shape index (κ2) is 13.2. The van der Waals surface area contributed by atoms with Gasteiger partial charge in [-0.2, -0.15) is 0 Å². The fourth-order valence-corrected chi connectivity index (χ4v) is 2.82. The zero-order valence-electron chi connectivity index (χ0n) is 15.3. The molecule has 1 unspecified atom stereocenters. The lowest BCUT2D eigenvalue weighted by Gasteiger charge is -2.31. The van der Waals surface area contributed by atoms with Crippen LogP contribution in [0.4, 0.5) is 0 Å². The van der Waals surface area contributed by atoms with Gasteiger partial charge < -0.3 is 20.2 Å². The van der Waals surface area contributed by atoms with Crippen molar-refractivity contribution in [2.45, 2.75) is 71.6 Å². The van der Waals surface area contributed by atoms with E-state index in [-0.39, 0.29) is 32.7 Å². The molecule has 0 aromatic heterocycles. The summed E-state index contributed by atoms with van der Waals surface area (Å²) in [5, 5.41) is 27.6. The monoisotopic (exact) mass is 345 g/mol. The number of rotatable bonds is 15. The highest BCUT2D eigenvalue weighted by Gasteiger charge is 2.43. The van der Waals surface area contributed by atoms with E-state index in [0.717, 1.165) is 19.3 Å². The van der Waals surface area contributed by atoms with E-state index in [4.69, 9.17) is 10.2 Å². The molecule has 6 heteroatoms. The topological polar surface area (TPSA) is 98.1 Å². The fraction of sp³-hybridized carbons (Fsp3) is 0.889. The van der Waals surface area contributed by atoms with Gasteiger partial charge in [0.05, 0.1) is 13.2 Å². The minimum atomic E-state index is -1.49. The van der Waals surface area contributed by atoms with Crippen molar-refractivity contribution in [1.82, 2.24) is 4.90 Å². The van der Waals surface area contributed by atoms with Gasteiger partial charge in [0.15, 0.2) is 0 Å². The number of carbonyl (C=O) groups is 2. The molecule has 0 saturated carbocycles. The number of aliphatic carboxylic acids is 1. The van der Waals surface area contributed by atoms with E-state index in [0.29, 0.717) is 6.42 Å². The van der Waals surface area contributed by atoms with E-state index in [1.54, 1.807) is 0 Å². The van der Waals surface area contributed by atoms with Crippen LogP contribution in [0.1, 0.15) is 71.6 Å². The van der Waals surface area contributed by atoms with Crippen molar-refractivity contribution in [2.24, 2.45) is 5.41 Å². The van der Waals surface area contributed by atoms with Crippen LogP contribution in [0.15, 0.2) is 0 Å². The number of carboxylic acids is 1. The van der Waals surface area contributed by atoms with Crippen LogP contribution < -0.4 is 0 Å². The fourth-order valence-electron chi connectivity index (χ4n) is 2.82. The van der Waals surface area contributed by atoms with Crippen LogP contribution in [0, 0.1) is 5.41 Å². The number of amides is 1. The molecule has 1 amide bonds. The normalized spacial score (nSPS) is 13.5. The standard InChI is InChI=1S/C18H35NO5/c1-3-4-5-6-7-8-9-10-11-18(2,17(23)24)16(22)19(12-14-20)13-15-21/h20-21H,3-15H2,1-2H3,(H,23,24). The van der Waals surface area contributed by atoms with Gasteiger partial charge in [0.25, 0.3) is 0 Å². The molecule has 0 aromatic carbocycles. The minimum Gasteiger partial charge on any atom is -0.480 e. The highest BCUT2D eigenvalue weighted by Crippen LogP contribution is 2.28.